The Morgan fingerprint density at radius 2 is 1.56 bits per heavy atom. The number of ether oxygens (including phenoxy) is 4. The van der Waals surface area contributed by atoms with Crippen molar-refractivity contribution in [2.45, 2.75) is 78.6 Å². The van der Waals surface area contributed by atoms with E-state index in [0.29, 0.717) is 38.5 Å². The Kier molecular flexibility index (Phi) is 22.3. The normalized spacial score (nSPS) is 16.3. The molecule has 0 saturated carbocycles. The number of aliphatic hydroxyl groups excluding tert-OH is 1. The molecule has 0 radical (unpaired) electrons. The number of aliphatic hydroxyl groups is 1. The number of rotatable bonds is 26. The number of piperazine rings is 1. The van der Waals surface area contributed by atoms with Crippen molar-refractivity contribution < 1.29 is 61.9 Å². The van der Waals surface area contributed by atoms with Crippen molar-refractivity contribution in [3.8, 4) is 27.3 Å². The molecule has 0 bridgehead atoms. The van der Waals surface area contributed by atoms with Gasteiger partial charge in [0.15, 0.2) is 5.82 Å². The molecule has 21 nitrogen and oxygen atoms in total. The lowest BCUT2D eigenvalue weighted by atomic mass is 9.85. The number of carbonyl (C=O) groups excluding carboxylic acids is 5. The number of β-amino-alcohol motifs (C(OH)–C–C–N with tert-alkyl or cyclic N) is 1. The van der Waals surface area contributed by atoms with Gasteiger partial charge in [-0.15, -0.1) is 11.3 Å². The molecule has 5 amide bonds. The fourth-order valence-electron chi connectivity index (χ4n) is 9.56. The zero-order valence-electron chi connectivity index (χ0n) is 47.3. The number of carbonyl (C=O) groups is 5. The van der Waals surface area contributed by atoms with Crippen molar-refractivity contribution in [3.05, 3.63) is 82.0 Å². The summed E-state index contributed by atoms with van der Waals surface area (Å²) in [6.07, 6.45) is -0.816. The third-order valence-electron chi connectivity index (χ3n) is 14.2. The quantitative estimate of drug-likeness (QED) is 0.0415. The van der Waals surface area contributed by atoms with Crippen LogP contribution in [0.25, 0.3) is 32.5 Å². The molecule has 4 atom stereocenters. The van der Waals surface area contributed by atoms with E-state index in [2.05, 4.69) is 30.9 Å². The number of aromatic nitrogens is 3. The van der Waals surface area contributed by atoms with Crippen LogP contribution >= 0.6 is 22.9 Å². The summed E-state index contributed by atoms with van der Waals surface area (Å²) in [5.41, 5.74) is 2.96. The summed E-state index contributed by atoms with van der Waals surface area (Å²) in [4.78, 5) is 86.7. The van der Waals surface area contributed by atoms with Crippen LogP contribution in [0.2, 0.25) is 5.02 Å². The predicted octanol–water partition coefficient (Wildman–Crippen LogP) is 5.73. The van der Waals surface area contributed by atoms with Crippen LogP contribution in [0, 0.1) is 24.0 Å². The molecule has 82 heavy (non-hydrogen) atoms. The number of nitrogens with zero attached hydrogens (tertiary/aromatic N) is 7. The second-order valence-electron chi connectivity index (χ2n) is 21.2. The van der Waals surface area contributed by atoms with Crippen LogP contribution in [0.3, 0.4) is 0 Å². The van der Waals surface area contributed by atoms with Crippen LogP contribution in [0.15, 0.2) is 54.0 Å². The molecule has 7 rings (SSSR count). The highest BCUT2D eigenvalue weighted by molar-refractivity contribution is 7.13. The second-order valence-corrected chi connectivity index (χ2v) is 22.5. The van der Waals surface area contributed by atoms with Crippen molar-refractivity contribution in [2.24, 2.45) is 5.41 Å². The van der Waals surface area contributed by atoms with E-state index in [0.717, 1.165) is 27.8 Å². The van der Waals surface area contributed by atoms with E-state index in [4.69, 9.17) is 30.5 Å². The van der Waals surface area contributed by atoms with Crippen molar-refractivity contribution in [2.75, 3.05) is 116 Å². The molecular formula is C57H73ClF2N10O11S. The van der Waals surface area contributed by atoms with Crippen molar-refractivity contribution in [3.63, 3.8) is 0 Å². The summed E-state index contributed by atoms with van der Waals surface area (Å²) >= 11 is 8.13. The van der Waals surface area contributed by atoms with Crippen LogP contribution in [0.5, 0.6) is 5.75 Å². The number of hydrogen-bond acceptors (Lipinski definition) is 17. The number of anilines is 2. The highest BCUT2D eigenvalue weighted by Gasteiger charge is 2.45. The molecule has 2 aliphatic rings. The average Bonchev–Trinajstić information content (AvgIpc) is 2.71. The first-order chi connectivity index (χ1) is 39.1. The molecule has 2 fully saturated rings. The van der Waals surface area contributed by atoms with Gasteiger partial charge in [-0.3, -0.25) is 24.0 Å². The van der Waals surface area contributed by atoms with E-state index in [9.17, 15) is 38.6 Å². The first-order valence-corrected chi connectivity index (χ1v) is 28.4. The molecule has 3 aromatic carbocycles. The SMILES string of the molecule is CC(=O)N1CCN(c2nc(NCCC(=O)N(C)CCOCCOCCOCCOCC(=O)N[C@H](C(=O)N3C[C@H](O)C[C@H]3C(=O)N[C@@H](C)c3ccc(-c4scnc4C)cc3)C(C)(C)C)nc3c(F)c(-c4c(O)cccc4F)c(Cl)cc23)CC1. The van der Waals surface area contributed by atoms with Crippen LogP contribution in [0.4, 0.5) is 20.5 Å². The van der Waals surface area contributed by atoms with Gasteiger partial charge in [0.25, 0.3) is 0 Å². The number of amides is 5. The fraction of sp³-hybridized carbons (Fsp3) is 0.509. The Bertz CT molecular complexity index is 3010. The Morgan fingerprint density at radius 3 is 2.18 bits per heavy atom. The molecule has 444 valence electrons. The summed E-state index contributed by atoms with van der Waals surface area (Å²) < 4.78 is 53.8. The van der Waals surface area contributed by atoms with E-state index < -0.39 is 64.3 Å². The molecular weight excluding hydrogens is 1110 g/mol. The standard InChI is InChI=1S/C57H73ClF2N10O11S/c1-34(37-11-13-38(14-12-37)51-35(2)62-33-82-51)63-54(76)43-29-39(72)31-70(43)55(77)52(57(4,5)6)64-45(74)32-81-28-27-80-26-25-79-24-23-78-22-21-67(7)46(75)15-16-61-56-65-50-40(53(66-56)69-19-17-68(18-20-69)36(3)71)30-41(58)47(49(50)60)48-42(59)9-8-10-44(48)73/h8-14,30,33-34,39,43,52,72-73H,15-29,31-32H2,1-7H3,(H,63,76)(H,64,74)(H,61,65,66)/t34-,39+,43-,52+/m0/s1. The number of thiazole rings is 1. The molecule has 5 aromatic rings. The van der Waals surface area contributed by atoms with Gasteiger partial charge in [0, 0.05) is 83.6 Å². The topological polar surface area (TPSA) is 250 Å². The maximum atomic E-state index is 16.5. The Morgan fingerprint density at radius 1 is 0.902 bits per heavy atom. The Labute approximate surface area is 484 Å². The van der Waals surface area contributed by atoms with E-state index in [1.54, 1.807) is 49.6 Å². The maximum Gasteiger partial charge on any atom is 0.246 e. The predicted molar refractivity (Wildman–Crippen MR) is 306 cm³/mol. The van der Waals surface area contributed by atoms with Crippen LogP contribution in [-0.4, -0.2) is 193 Å². The lowest BCUT2D eigenvalue weighted by Gasteiger charge is -2.35. The average molecular weight is 1180 g/mol. The van der Waals surface area contributed by atoms with Gasteiger partial charge in [-0.25, -0.2) is 18.7 Å². The van der Waals surface area contributed by atoms with Crippen LogP contribution < -0.4 is 20.9 Å². The zero-order valence-corrected chi connectivity index (χ0v) is 48.8. The monoisotopic (exact) mass is 1180 g/mol. The van der Waals surface area contributed by atoms with Gasteiger partial charge in [-0.1, -0.05) is 62.7 Å². The van der Waals surface area contributed by atoms with E-state index in [1.807, 2.05) is 43.0 Å². The minimum atomic E-state index is -1.01. The van der Waals surface area contributed by atoms with E-state index in [1.165, 1.54) is 34.9 Å². The van der Waals surface area contributed by atoms with Gasteiger partial charge in [0.05, 0.1) is 85.1 Å². The number of likely N-dealkylation sites (tertiary alicyclic amines) is 1. The number of phenols is 1. The van der Waals surface area contributed by atoms with Crippen LogP contribution in [0.1, 0.15) is 64.8 Å². The summed E-state index contributed by atoms with van der Waals surface area (Å²) in [6.45, 7) is 13.9. The van der Waals surface area contributed by atoms with Crippen molar-refractivity contribution in [1.29, 1.82) is 0 Å². The van der Waals surface area contributed by atoms with Gasteiger partial charge in [-0.2, -0.15) is 4.98 Å². The minimum absolute atomic E-state index is 0.00691. The number of likely N-dealkylation sites (N-methyl/N-ethyl adjacent to an activating group) is 1. The summed E-state index contributed by atoms with van der Waals surface area (Å²) in [6, 6.07) is 10.6. The third kappa shape index (κ3) is 16.3. The summed E-state index contributed by atoms with van der Waals surface area (Å²) in [7, 11) is 1.64. The Hall–Kier alpha value is -6.67. The van der Waals surface area contributed by atoms with E-state index >= 15 is 4.39 Å². The first kappa shape index (κ1) is 62.9. The smallest absolute Gasteiger partial charge is 0.246 e. The molecule has 5 N–H and O–H groups in total. The first-order valence-electron chi connectivity index (χ1n) is 27.2. The molecule has 2 aromatic heterocycles. The maximum absolute atomic E-state index is 16.5. The second kappa shape index (κ2) is 29.0. The highest BCUT2D eigenvalue weighted by Crippen LogP contribution is 2.43. The fourth-order valence-corrected chi connectivity index (χ4v) is 10.7. The number of benzene rings is 3. The number of fused-ring (bicyclic) bond motifs is 1. The summed E-state index contributed by atoms with van der Waals surface area (Å²) in [5.74, 6) is -3.70. The van der Waals surface area contributed by atoms with Gasteiger partial charge < -0.3 is 64.7 Å². The Balaban J connectivity index is 0.766. The molecule has 25 heteroatoms. The van der Waals surface area contributed by atoms with E-state index in [-0.39, 0.29) is 124 Å². The third-order valence-corrected chi connectivity index (χ3v) is 15.4. The number of nitrogens with one attached hydrogen (secondary N) is 3. The zero-order chi connectivity index (χ0) is 59.3. The minimum Gasteiger partial charge on any atom is -0.507 e. The van der Waals surface area contributed by atoms with Crippen molar-refractivity contribution in [1.82, 2.24) is 40.3 Å². The lowest BCUT2D eigenvalue weighted by molar-refractivity contribution is -0.144. The molecule has 0 unspecified atom stereocenters. The molecule has 0 spiro atoms. The number of halogens is 3. The highest BCUT2D eigenvalue weighted by atomic mass is 35.5. The number of phenolic OH excluding ortho intramolecular Hbond substituents is 1. The van der Waals surface area contributed by atoms with Crippen LogP contribution in [-0.2, 0) is 42.9 Å². The van der Waals surface area contributed by atoms with Gasteiger partial charge in [-0.05, 0) is 48.6 Å². The van der Waals surface area contributed by atoms with Crippen molar-refractivity contribution >= 4 is 75.1 Å². The molecule has 2 aliphatic heterocycles. The van der Waals surface area contributed by atoms with Gasteiger partial charge in [0.2, 0.25) is 35.5 Å². The molecule has 2 saturated heterocycles. The van der Waals surface area contributed by atoms with Gasteiger partial charge in [0.1, 0.15) is 41.6 Å². The summed E-state index contributed by atoms with van der Waals surface area (Å²) in [5, 5.41) is 30.0. The molecule has 0 aliphatic carbocycles. The number of hydrogen-bond donors (Lipinski definition) is 5. The largest absolute Gasteiger partial charge is 0.507 e. The number of aryl methyl sites for hydroxylation is 1. The number of aromatic hydroxyl groups is 1. The molecule has 4 heterocycles. The van der Waals surface area contributed by atoms with Gasteiger partial charge >= 0.3 is 0 Å². The lowest BCUT2D eigenvalue weighted by Crippen LogP contribution is -2.58.